The Balaban J connectivity index is 1.07. The van der Waals surface area contributed by atoms with Crippen LogP contribution in [0.2, 0.25) is 0 Å². The van der Waals surface area contributed by atoms with Gasteiger partial charge in [-0.15, -0.1) is 0 Å². The number of ether oxygens (including phenoxy) is 7. The van der Waals surface area contributed by atoms with E-state index in [2.05, 4.69) is 26.6 Å². The number of hydrogen-bond donors (Lipinski definition) is 6. The van der Waals surface area contributed by atoms with Gasteiger partial charge in [-0.1, -0.05) is 27.2 Å². The number of esters is 4. The number of aryl methyl sites for hydroxylation is 2. The van der Waals surface area contributed by atoms with Crippen LogP contribution in [0.4, 0.5) is 5.69 Å². The summed E-state index contributed by atoms with van der Waals surface area (Å²) in [5, 5.41) is 26.3. The number of nitrogens with zero attached hydrogens (tertiary/aromatic N) is 3. The first-order chi connectivity index (χ1) is 46.4. The predicted molar refractivity (Wildman–Crippen MR) is 360 cm³/mol. The van der Waals surface area contributed by atoms with E-state index in [1.165, 1.54) is 19.1 Å². The van der Waals surface area contributed by atoms with Crippen LogP contribution in [0, 0.1) is 5.92 Å². The van der Waals surface area contributed by atoms with E-state index in [-0.39, 0.29) is 121 Å². The quantitative estimate of drug-likeness (QED) is 0.0155. The van der Waals surface area contributed by atoms with Crippen LogP contribution in [0.3, 0.4) is 0 Å². The third kappa shape index (κ3) is 21.0. The summed E-state index contributed by atoms with van der Waals surface area (Å²) in [6, 6.07) is 1.22. The normalized spacial score (nSPS) is 16.6. The van der Waals surface area contributed by atoms with Crippen LogP contribution in [-0.2, 0) is 117 Å². The van der Waals surface area contributed by atoms with Gasteiger partial charge < -0.3 is 69.4 Å². The fourth-order valence-electron chi connectivity index (χ4n) is 12.1. The number of cyclic esters (lactones) is 1. The van der Waals surface area contributed by atoms with Gasteiger partial charge in [-0.05, 0) is 149 Å². The van der Waals surface area contributed by atoms with E-state index in [0.29, 0.717) is 54.7 Å². The molecule has 1 aromatic carbocycles. The van der Waals surface area contributed by atoms with Crippen LogP contribution in [0.1, 0.15) is 188 Å². The number of amides is 7. The Morgan fingerprint density at radius 2 is 1.22 bits per heavy atom. The minimum absolute atomic E-state index is 0.00431. The number of nitrogens with one attached hydrogen (secondary N) is 5. The molecule has 4 aliphatic rings. The van der Waals surface area contributed by atoms with E-state index in [1.54, 1.807) is 106 Å². The number of unbranched alkanes of at least 4 members (excludes halogenated alkanes) is 2. The van der Waals surface area contributed by atoms with E-state index in [4.69, 9.17) is 38.1 Å². The highest BCUT2D eigenvalue weighted by Gasteiger charge is 2.46. The molecule has 3 aromatic rings. The van der Waals surface area contributed by atoms with Crippen molar-refractivity contribution in [3.05, 3.63) is 68.5 Å². The van der Waals surface area contributed by atoms with Crippen molar-refractivity contribution in [1.29, 1.82) is 0 Å². The molecular formula is C71H98N8O20. The Labute approximate surface area is 576 Å². The smallest absolute Gasteiger partial charge is 0.343 e. The molecule has 7 rings (SSSR count). The van der Waals surface area contributed by atoms with Gasteiger partial charge >= 0.3 is 23.9 Å². The zero-order valence-electron chi connectivity index (χ0n) is 59.3. The lowest BCUT2D eigenvalue weighted by atomic mass is 9.85. The summed E-state index contributed by atoms with van der Waals surface area (Å²) in [5.74, 6) is -7.45. The van der Waals surface area contributed by atoms with Gasteiger partial charge in [0.2, 0.25) is 29.5 Å². The third-order valence-corrected chi connectivity index (χ3v) is 16.8. The molecule has 0 fully saturated rings. The largest absolute Gasteiger partial charge is 0.460 e. The molecule has 2 aromatic heterocycles. The fourth-order valence-corrected chi connectivity index (χ4v) is 12.1. The number of fused-ring (bicyclic) bond motifs is 5. The van der Waals surface area contributed by atoms with E-state index in [9.17, 15) is 62.6 Å². The van der Waals surface area contributed by atoms with Gasteiger partial charge in [0.05, 0.1) is 87.9 Å². The molecule has 6 N–H and O–H groups in total. The van der Waals surface area contributed by atoms with Crippen molar-refractivity contribution < 1.29 is 91.0 Å². The lowest BCUT2D eigenvalue weighted by Gasteiger charge is -2.34. The van der Waals surface area contributed by atoms with Crippen molar-refractivity contribution in [3.8, 4) is 11.4 Å². The standard InChI is InChI=1S/C71H98N8O20/c1-14-71(92)47-35-51-61-45(36-79(51)65(90)46(47)37-96-66(71)91)43-19-18-20-44-48(22-23-49(74-61)59(43)44)75-62(87)42(4)72-64(89)60(41(2)3)76-63(88)50(73-52(80)21-16-15-17-31-78-54(82)26-27-55(78)83)24-25-53(81)77-70(38-93-32-28-56(84)97-67(5,6)7,39-94-33-29-57(85)98-68(8,9)10)40-95-34-30-58(86)99-69(11,12)13/h22-23,26-27,35,41-42,50,60,92H,14-21,24-25,28-34,36-40H2,1-13H3,(H,72,89)(H,73,80)(H,75,87)(H,76,88)(H,77,81)/t42-,50-,60-,71-/m0/s1. The summed E-state index contributed by atoms with van der Waals surface area (Å²) < 4.78 is 41.2. The maximum Gasteiger partial charge on any atom is 0.343 e. The van der Waals surface area contributed by atoms with Gasteiger partial charge in [0.1, 0.15) is 47.1 Å². The Hall–Kier alpha value is -8.47. The third-order valence-electron chi connectivity index (χ3n) is 16.8. The molecule has 0 unspecified atom stereocenters. The molecule has 1 aliphatic carbocycles. The van der Waals surface area contributed by atoms with Crippen LogP contribution < -0.4 is 32.1 Å². The molecule has 28 heteroatoms. The van der Waals surface area contributed by atoms with E-state index >= 15 is 0 Å². The Kier molecular flexibility index (Phi) is 26.1. The number of imide groups is 1. The molecule has 542 valence electrons. The monoisotopic (exact) mass is 1380 g/mol. The average Bonchev–Trinajstić information content (AvgIpc) is 1.60. The van der Waals surface area contributed by atoms with Crippen LogP contribution in [-0.4, -0.2) is 171 Å². The van der Waals surface area contributed by atoms with Crippen molar-refractivity contribution >= 4 is 81.8 Å². The van der Waals surface area contributed by atoms with Gasteiger partial charge in [0, 0.05) is 53.7 Å². The van der Waals surface area contributed by atoms with E-state index in [1.807, 2.05) is 0 Å². The SMILES string of the molecule is CC[C@@]1(O)C(=O)OCc2c1cc1n(c2=O)Cc2c-1nc1ccc(NC(=O)[C@H](C)NC(=O)[C@@H](NC(=O)[C@H](CCC(=O)NC(COCCC(=O)OC(C)(C)C)(COCCC(=O)OC(C)(C)C)COCCC(=O)OC(C)(C)C)NC(=O)CCCCCN3C(=O)C=CC3=O)C(C)C)c3c1c2CCC3. The number of aromatic nitrogens is 2. The first-order valence-corrected chi connectivity index (χ1v) is 34.0. The van der Waals surface area contributed by atoms with Crippen LogP contribution in [0.15, 0.2) is 35.1 Å². The van der Waals surface area contributed by atoms with Crippen molar-refractivity contribution in [2.75, 3.05) is 51.5 Å². The summed E-state index contributed by atoms with van der Waals surface area (Å²) in [5.41, 5.74) is -1.23. The Morgan fingerprint density at radius 3 is 1.77 bits per heavy atom. The summed E-state index contributed by atoms with van der Waals surface area (Å²) in [6.07, 6.45) is 3.91. The van der Waals surface area contributed by atoms with E-state index < -0.39 is 124 Å². The highest BCUT2D eigenvalue weighted by atomic mass is 16.6. The molecular weight excluding hydrogens is 1280 g/mol. The second-order valence-corrected chi connectivity index (χ2v) is 28.9. The molecule has 99 heavy (non-hydrogen) atoms. The number of carbonyl (C=O) groups is 11. The lowest BCUT2D eigenvalue weighted by molar-refractivity contribution is -0.172. The maximum absolute atomic E-state index is 14.6. The lowest BCUT2D eigenvalue weighted by Crippen LogP contribution is -2.59. The van der Waals surface area contributed by atoms with Crippen molar-refractivity contribution in [2.24, 2.45) is 5.92 Å². The molecule has 0 saturated heterocycles. The molecule has 0 bridgehead atoms. The van der Waals surface area contributed by atoms with Gasteiger partial charge in [0.25, 0.3) is 17.4 Å². The van der Waals surface area contributed by atoms with Gasteiger partial charge in [0.15, 0.2) is 5.60 Å². The minimum atomic E-state index is -1.99. The zero-order chi connectivity index (χ0) is 73.0. The second kappa shape index (κ2) is 33.1. The fraction of sp³-hybridized carbons (Fsp3) is 0.620. The van der Waals surface area contributed by atoms with Crippen LogP contribution >= 0.6 is 0 Å². The number of anilines is 1. The minimum Gasteiger partial charge on any atom is -0.460 e. The zero-order valence-corrected chi connectivity index (χ0v) is 59.3. The second-order valence-electron chi connectivity index (χ2n) is 28.9. The first kappa shape index (κ1) is 77.9. The number of carbonyl (C=O) groups excluding carboxylic acids is 11. The molecule has 7 amide bonds. The van der Waals surface area contributed by atoms with Crippen molar-refractivity contribution in [2.45, 2.75) is 233 Å². The number of aliphatic hydroxyl groups is 1. The highest BCUT2D eigenvalue weighted by Crippen LogP contribution is 2.44. The predicted octanol–water partition coefficient (Wildman–Crippen LogP) is 5.00. The Morgan fingerprint density at radius 1 is 0.657 bits per heavy atom. The molecule has 4 atom stereocenters. The molecule has 5 heterocycles. The van der Waals surface area contributed by atoms with Crippen LogP contribution in [0.5, 0.6) is 0 Å². The highest BCUT2D eigenvalue weighted by molar-refractivity contribution is 6.13. The summed E-state index contributed by atoms with van der Waals surface area (Å²) in [6.45, 7) is 20.4. The average molecular weight is 1380 g/mol. The molecule has 3 aliphatic heterocycles. The van der Waals surface area contributed by atoms with E-state index in [0.717, 1.165) is 27.0 Å². The first-order valence-electron chi connectivity index (χ1n) is 34.0. The molecule has 28 nitrogen and oxygen atoms in total. The summed E-state index contributed by atoms with van der Waals surface area (Å²) in [4.78, 5) is 167. The number of rotatable bonds is 34. The summed E-state index contributed by atoms with van der Waals surface area (Å²) >= 11 is 0. The number of pyridine rings is 2. The van der Waals surface area contributed by atoms with Crippen molar-refractivity contribution in [3.63, 3.8) is 0 Å². The van der Waals surface area contributed by atoms with Gasteiger partial charge in [-0.2, -0.15) is 0 Å². The van der Waals surface area contributed by atoms with Crippen molar-refractivity contribution in [1.82, 2.24) is 35.7 Å². The van der Waals surface area contributed by atoms with Crippen LogP contribution in [0.25, 0.3) is 22.3 Å². The maximum atomic E-state index is 14.6. The topological polar surface area (TPSA) is 371 Å². The summed E-state index contributed by atoms with van der Waals surface area (Å²) in [7, 11) is 0. The number of hydrogen-bond acceptors (Lipinski definition) is 21. The molecule has 0 spiro atoms. The number of benzene rings is 1. The van der Waals surface area contributed by atoms with Gasteiger partial charge in [-0.25, -0.2) is 9.78 Å². The van der Waals surface area contributed by atoms with Gasteiger partial charge in [-0.3, -0.25) is 57.6 Å². The Bertz CT molecular complexity index is 3560. The molecule has 0 radical (unpaired) electrons. The molecule has 0 saturated carbocycles.